The molecule has 0 heterocycles. The predicted molar refractivity (Wildman–Crippen MR) is 83.7 cm³/mol. The van der Waals surface area contributed by atoms with Crippen molar-refractivity contribution in [3.05, 3.63) is 35.4 Å². The summed E-state index contributed by atoms with van der Waals surface area (Å²) < 4.78 is 0. The molecule has 0 saturated carbocycles. The Hall–Kier alpha value is -1.23. The molecular weight excluding hydrogens is 252 g/mol. The van der Waals surface area contributed by atoms with Crippen molar-refractivity contribution < 1.29 is 9.90 Å². The van der Waals surface area contributed by atoms with Gasteiger partial charge >= 0.3 is 0 Å². The van der Waals surface area contributed by atoms with Gasteiger partial charge in [-0.15, -0.1) is 0 Å². The topological polar surface area (TPSA) is 75.3 Å². The first-order valence-electron chi connectivity index (χ1n) is 7.27. The molecule has 114 valence electrons. The van der Waals surface area contributed by atoms with Gasteiger partial charge in [-0.1, -0.05) is 38.1 Å². The second kappa shape index (κ2) is 9.64. The van der Waals surface area contributed by atoms with Gasteiger partial charge in [0.05, 0.1) is 0 Å². The lowest BCUT2D eigenvalue weighted by Gasteiger charge is -2.27. The van der Waals surface area contributed by atoms with Crippen LogP contribution >= 0.6 is 0 Å². The van der Waals surface area contributed by atoms with Crippen molar-refractivity contribution >= 4 is 5.78 Å². The van der Waals surface area contributed by atoms with Crippen molar-refractivity contribution in [3.8, 4) is 0 Å². The molecule has 0 radical (unpaired) electrons. The number of hydrogen-bond acceptors (Lipinski definition) is 4. The number of unbranched alkanes of at least 4 members (excludes halogenated alkanes) is 1. The fourth-order valence-corrected chi connectivity index (χ4v) is 1.91. The zero-order valence-electron chi connectivity index (χ0n) is 13.1. The highest BCUT2D eigenvalue weighted by molar-refractivity contribution is 5.95. The second-order valence-corrected chi connectivity index (χ2v) is 4.60. The Morgan fingerprint density at radius 1 is 1.30 bits per heavy atom. The normalized spacial score (nSPS) is 13.1. The van der Waals surface area contributed by atoms with E-state index in [0.29, 0.717) is 24.2 Å². The average Bonchev–Trinajstić information content (AvgIpc) is 2.46. The third-order valence-corrected chi connectivity index (χ3v) is 2.93. The Kier molecular flexibility index (Phi) is 9.05. The molecule has 0 spiro atoms. The molecule has 0 aliphatic carbocycles. The van der Waals surface area contributed by atoms with Crippen molar-refractivity contribution in [2.75, 3.05) is 13.1 Å². The fourth-order valence-electron chi connectivity index (χ4n) is 1.91. The van der Waals surface area contributed by atoms with Gasteiger partial charge in [-0.25, -0.2) is 0 Å². The molecule has 20 heavy (non-hydrogen) atoms. The molecule has 0 aliphatic rings. The number of hydrogen-bond donors (Lipinski definition) is 3. The standard InChI is InChI=1S/C14H22N2O2.C2H6/c1-11(17)12-7-3-4-8-13(12)14(2,18)16-10-6-5-9-15;1-2/h3-4,7-8,16,18H,5-6,9-10,15H2,1-2H3;1-2H3. The molecule has 1 atom stereocenters. The average molecular weight is 280 g/mol. The summed E-state index contributed by atoms with van der Waals surface area (Å²) in [6.45, 7) is 8.48. The first-order chi connectivity index (χ1) is 9.49. The molecule has 0 amide bonds. The van der Waals surface area contributed by atoms with Crippen LogP contribution in [-0.2, 0) is 5.72 Å². The van der Waals surface area contributed by atoms with Gasteiger partial charge in [-0.05, 0) is 39.8 Å². The number of nitrogens with two attached hydrogens (primary N) is 1. The summed E-state index contributed by atoms with van der Waals surface area (Å²) in [5, 5.41) is 13.5. The third kappa shape index (κ3) is 5.82. The van der Waals surface area contributed by atoms with E-state index >= 15 is 0 Å². The van der Waals surface area contributed by atoms with Gasteiger partial charge in [0.15, 0.2) is 5.78 Å². The summed E-state index contributed by atoms with van der Waals surface area (Å²) in [6.07, 6.45) is 1.81. The third-order valence-electron chi connectivity index (χ3n) is 2.93. The maximum atomic E-state index is 11.5. The Morgan fingerprint density at radius 3 is 2.45 bits per heavy atom. The number of Topliss-reactive ketones (excluding diaryl/α,β-unsaturated/α-hetero) is 1. The largest absolute Gasteiger partial charge is 0.372 e. The van der Waals surface area contributed by atoms with E-state index in [2.05, 4.69) is 5.32 Å². The lowest BCUT2D eigenvalue weighted by atomic mass is 9.96. The minimum atomic E-state index is -1.20. The van der Waals surface area contributed by atoms with Crippen molar-refractivity contribution in [1.29, 1.82) is 0 Å². The summed E-state index contributed by atoms with van der Waals surface area (Å²) in [6, 6.07) is 7.11. The van der Waals surface area contributed by atoms with Gasteiger partial charge < -0.3 is 10.8 Å². The van der Waals surface area contributed by atoms with E-state index < -0.39 is 5.72 Å². The lowest BCUT2D eigenvalue weighted by Crippen LogP contribution is -2.41. The number of nitrogens with one attached hydrogen (secondary N) is 1. The van der Waals surface area contributed by atoms with Gasteiger partial charge in [0.2, 0.25) is 0 Å². The van der Waals surface area contributed by atoms with E-state index in [0.717, 1.165) is 12.8 Å². The van der Waals surface area contributed by atoms with E-state index in [1.165, 1.54) is 6.92 Å². The highest BCUT2D eigenvalue weighted by Gasteiger charge is 2.25. The molecule has 0 bridgehead atoms. The van der Waals surface area contributed by atoms with Crippen molar-refractivity contribution in [1.82, 2.24) is 5.32 Å². The molecular formula is C16H28N2O2. The summed E-state index contributed by atoms with van der Waals surface area (Å²) in [5.74, 6) is -0.0466. The Bertz CT molecular complexity index is 403. The van der Waals surface area contributed by atoms with Crippen LogP contribution in [0.2, 0.25) is 0 Å². The number of benzene rings is 1. The van der Waals surface area contributed by atoms with Crippen LogP contribution in [0, 0.1) is 0 Å². The molecule has 1 aromatic carbocycles. The van der Waals surface area contributed by atoms with Crippen LogP contribution in [0.4, 0.5) is 0 Å². The smallest absolute Gasteiger partial charge is 0.160 e. The molecule has 1 rings (SSSR count). The summed E-state index contributed by atoms with van der Waals surface area (Å²) in [5.41, 5.74) is 5.39. The van der Waals surface area contributed by atoms with Crippen molar-refractivity contribution in [2.45, 2.75) is 46.3 Å². The number of ketones is 1. The van der Waals surface area contributed by atoms with Crippen molar-refractivity contribution in [3.63, 3.8) is 0 Å². The number of carbonyl (C=O) groups is 1. The minimum absolute atomic E-state index is 0.0466. The quantitative estimate of drug-likeness (QED) is 0.407. The van der Waals surface area contributed by atoms with Crippen LogP contribution in [0.25, 0.3) is 0 Å². The van der Waals surface area contributed by atoms with Crippen LogP contribution in [0.5, 0.6) is 0 Å². The number of aliphatic hydroxyl groups is 1. The molecule has 4 nitrogen and oxygen atoms in total. The van der Waals surface area contributed by atoms with Gasteiger partial charge in [0.25, 0.3) is 0 Å². The van der Waals surface area contributed by atoms with Crippen LogP contribution < -0.4 is 11.1 Å². The van der Waals surface area contributed by atoms with Crippen LogP contribution in [-0.4, -0.2) is 24.0 Å². The Labute approximate surface area is 122 Å². The number of carbonyl (C=O) groups excluding carboxylic acids is 1. The molecule has 1 unspecified atom stereocenters. The molecule has 4 heteroatoms. The van der Waals surface area contributed by atoms with E-state index in [9.17, 15) is 9.90 Å². The summed E-state index contributed by atoms with van der Waals surface area (Å²) >= 11 is 0. The van der Waals surface area contributed by atoms with Gasteiger partial charge in [-0.3, -0.25) is 10.1 Å². The van der Waals surface area contributed by atoms with E-state index in [1.54, 1.807) is 25.1 Å². The molecule has 4 N–H and O–H groups in total. The van der Waals surface area contributed by atoms with Gasteiger partial charge in [0, 0.05) is 11.1 Å². The van der Waals surface area contributed by atoms with E-state index in [1.807, 2.05) is 19.9 Å². The maximum Gasteiger partial charge on any atom is 0.160 e. The fraction of sp³-hybridized carbons (Fsp3) is 0.562. The molecule has 0 fully saturated rings. The van der Waals surface area contributed by atoms with Gasteiger partial charge in [-0.2, -0.15) is 0 Å². The lowest BCUT2D eigenvalue weighted by molar-refractivity contribution is 0.0190. The SMILES string of the molecule is CC.CC(=O)c1ccccc1C(C)(O)NCCCCN. The Morgan fingerprint density at radius 2 is 1.90 bits per heavy atom. The summed E-state index contributed by atoms with van der Waals surface area (Å²) in [7, 11) is 0. The molecule has 0 aromatic heterocycles. The van der Waals surface area contributed by atoms with E-state index in [-0.39, 0.29) is 5.78 Å². The zero-order valence-corrected chi connectivity index (χ0v) is 13.1. The molecule has 0 saturated heterocycles. The number of rotatable bonds is 7. The van der Waals surface area contributed by atoms with E-state index in [4.69, 9.17) is 5.73 Å². The first-order valence-corrected chi connectivity index (χ1v) is 7.27. The summed E-state index contributed by atoms with van der Waals surface area (Å²) in [4.78, 5) is 11.5. The van der Waals surface area contributed by atoms with Crippen LogP contribution in [0.15, 0.2) is 24.3 Å². The monoisotopic (exact) mass is 280 g/mol. The Balaban J connectivity index is 0.00000172. The second-order valence-electron chi connectivity index (χ2n) is 4.60. The molecule has 0 aliphatic heterocycles. The zero-order chi connectivity index (χ0) is 15.6. The maximum absolute atomic E-state index is 11.5. The minimum Gasteiger partial charge on any atom is -0.372 e. The predicted octanol–water partition coefficient (Wildman–Crippen LogP) is 2.41. The highest BCUT2D eigenvalue weighted by atomic mass is 16.3. The van der Waals surface area contributed by atoms with Crippen LogP contribution in [0.1, 0.15) is 56.5 Å². The first kappa shape index (κ1) is 18.8. The highest BCUT2D eigenvalue weighted by Crippen LogP contribution is 2.22. The van der Waals surface area contributed by atoms with Gasteiger partial charge in [0.1, 0.15) is 5.72 Å². The molecule has 1 aromatic rings. The van der Waals surface area contributed by atoms with Crippen molar-refractivity contribution in [2.24, 2.45) is 5.73 Å². The van der Waals surface area contributed by atoms with Crippen LogP contribution in [0.3, 0.4) is 0 Å².